The van der Waals surface area contributed by atoms with Gasteiger partial charge in [-0.1, -0.05) is 40.0 Å². The molecule has 0 saturated heterocycles. The number of likely N-dealkylation sites (N-methyl/N-ethyl adjacent to an activating group) is 1. The van der Waals surface area contributed by atoms with E-state index in [1.165, 1.54) is 22.0 Å². The molecule has 2 aromatic rings. The molecule has 0 saturated carbocycles. The quantitative estimate of drug-likeness (QED) is 0.192. The van der Waals surface area contributed by atoms with Crippen molar-refractivity contribution in [1.82, 2.24) is 20.0 Å². The molecule has 12 heteroatoms. The number of amides is 5. The van der Waals surface area contributed by atoms with E-state index in [1.807, 2.05) is 19.9 Å². The van der Waals surface area contributed by atoms with E-state index in [2.05, 4.69) is 18.5 Å². The van der Waals surface area contributed by atoms with Gasteiger partial charge in [0.15, 0.2) is 0 Å². The third kappa shape index (κ3) is 9.49. The summed E-state index contributed by atoms with van der Waals surface area (Å²) in [7, 11) is 1.61. The molecule has 0 fully saturated rings. The van der Waals surface area contributed by atoms with E-state index in [-0.39, 0.29) is 79.3 Å². The van der Waals surface area contributed by atoms with Crippen molar-refractivity contribution in [1.29, 1.82) is 0 Å². The maximum Gasteiger partial charge on any atom is 0.415 e. The first-order valence-corrected chi connectivity index (χ1v) is 16.3. The number of phenols is 2. The van der Waals surface area contributed by atoms with Gasteiger partial charge in [-0.05, 0) is 49.9 Å². The molecule has 1 aliphatic heterocycles. The molecule has 0 unspecified atom stereocenters. The smallest absolute Gasteiger partial charge is 0.415 e. The molecule has 5 amide bonds. The third-order valence-corrected chi connectivity index (χ3v) is 8.87. The Hall–Kier alpha value is -5.13. The summed E-state index contributed by atoms with van der Waals surface area (Å²) < 4.78 is 5.69. The highest BCUT2D eigenvalue weighted by molar-refractivity contribution is 6.12. The van der Waals surface area contributed by atoms with E-state index >= 15 is 0 Å². The summed E-state index contributed by atoms with van der Waals surface area (Å²) in [6.45, 7) is 17.5. The number of hydrogen-bond acceptors (Lipinski definition) is 8. The van der Waals surface area contributed by atoms with Crippen LogP contribution in [0.3, 0.4) is 0 Å². The fourth-order valence-corrected chi connectivity index (χ4v) is 5.75. The van der Waals surface area contributed by atoms with Crippen molar-refractivity contribution < 1.29 is 38.9 Å². The highest BCUT2D eigenvalue weighted by atomic mass is 16.6. The molecule has 0 aromatic heterocycles. The van der Waals surface area contributed by atoms with Crippen molar-refractivity contribution in [3.05, 3.63) is 63.0 Å². The van der Waals surface area contributed by atoms with Crippen molar-refractivity contribution in [2.24, 2.45) is 0 Å². The van der Waals surface area contributed by atoms with Gasteiger partial charge in [-0.2, -0.15) is 0 Å². The van der Waals surface area contributed by atoms with Crippen LogP contribution in [0, 0.1) is 13.8 Å². The van der Waals surface area contributed by atoms with Crippen LogP contribution in [-0.2, 0) is 31.0 Å². The molecule has 0 aliphatic carbocycles. The van der Waals surface area contributed by atoms with E-state index in [4.69, 9.17) is 4.74 Å². The normalized spacial score (nSPS) is 12.7. The SMILES string of the molecule is C=c1c(C)c(O)c(=C)c(C(C)(C)CC(=O)N(C)CCN(CCCC(=O)NCCN2C(=O)C=CC2=O)C(=O)Oc2ccc(CC)c(C)c2)c1O. The largest absolute Gasteiger partial charge is 0.507 e. The van der Waals surface area contributed by atoms with Gasteiger partial charge in [0, 0.05) is 91.7 Å². The van der Waals surface area contributed by atoms with Crippen LogP contribution in [0.25, 0.3) is 13.2 Å². The monoisotopic (exact) mass is 676 g/mol. The lowest BCUT2D eigenvalue weighted by Crippen LogP contribution is -2.43. The second kappa shape index (κ2) is 16.3. The lowest BCUT2D eigenvalue weighted by Gasteiger charge is -2.30. The number of aryl methyl sites for hydroxylation is 2. The zero-order valence-electron chi connectivity index (χ0n) is 29.4. The van der Waals surface area contributed by atoms with Crippen LogP contribution >= 0.6 is 0 Å². The Morgan fingerprint density at radius 3 is 2.24 bits per heavy atom. The summed E-state index contributed by atoms with van der Waals surface area (Å²) in [6, 6.07) is 5.42. The molecular weight excluding hydrogens is 628 g/mol. The number of benzene rings is 2. The third-order valence-electron chi connectivity index (χ3n) is 8.87. The van der Waals surface area contributed by atoms with Crippen molar-refractivity contribution in [2.75, 3.05) is 39.8 Å². The molecule has 49 heavy (non-hydrogen) atoms. The van der Waals surface area contributed by atoms with E-state index < -0.39 is 23.3 Å². The topological polar surface area (TPSA) is 157 Å². The fraction of sp³-hybridized carbons (Fsp3) is 0.432. The van der Waals surface area contributed by atoms with Gasteiger partial charge in [0.1, 0.15) is 17.2 Å². The summed E-state index contributed by atoms with van der Waals surface area (Å²) in [5, 5.41) is 24.6. The Balaban J connectivity index is 1.65. The van der Waals surface area contributed by atoms with Crippen LogP contribution in [0.2, 0.25) is 0 Å². The molecule has 1 heterocycles. The number of phenolic OH excluding ortho intramolecular Hbond substituents is 2. The Bertz CT molecular complexity index is 1730. The molecule has 3 rings (SSSR count). The summed E-state index contributed by atoms with van der Waals surface area (Å²) in [6.07, 6.45) is 2.91. The first-order valence-electron chi connectivity index (χ1n) is 16.3. The van der Waals surface area contributed by atoms with Crippen molar-refractivity contribution in [3.63, 3.8) is 0 Å². The summed E-state index contributed by atoms with van der Waals surface area (Å²) in [4.78, 5) is 66.6. The number of nitrogens with zero attached hydrogens (tertiary/aromatic N) is 3. The van der Waals surface area contributed by atoms with Crippen LogP contribution < -0.4 is 20.5 Å². The Labute approximate surface area is 287 Å². The highest BCUT2D eigenvalue weighted by Crippen LogP contribution is 2.32. The average Bonchev–Trinajstić information content (AvgIpc) is 3.36. The average molecular weight is 677 g/mol. The van der Waals surface area contributed by atoms with E-state index in [0.717, 1.165) is 22.4 Å². The van der Waals surface area contributed by atoms with Crippen LogP contribution in [0.1, 0.15) is 62.3 Å². The van der Waals surface area contributed by atoms with Crippen molar-refractivity contribution >= 4 is 42.9 Å². The molecule has 0 spiro atoms. The number of nitrogens with one attached hydrogen (secondary N) is 1. The number of hydrogen-bond donors (Lipinski definition) is 3. The Morgan fingerprint density at radius 2 is 1.63 bits per heavy atom. The second-order valence-corrected chi connectivity index (χ2v) is 12.9. The first kappa shape index (κ1) is 38.3. The summed E-state index contributed by atoms with van der Waals surface area (Å²) in [5.74, 6) is -1.23. The zero-order chi connectivity index (χ0) is 36.6. The van der Waals surface area contributed by atoms with Crippen LogP contribution in [0.4, 0.5) is 4.79 Å². The van der Waals surface area contributed by atoms with Gasteiger partial charge in [0.25, 0.3) is 11.8 Å². The number of carbonyl (C=O) groups is 5. The highest BCUT2D eigenvalue weighted by Gasteiger charge is 2.31. The van der Waals surface area contributed by atoms with Crippen molar-refractivity contribution in [2.45, 2.75) is 65.7 Å². The maximum atomic E-state index is 13.4. The maximum absolute atomic E-state index is 13.4. The molecule has 0 bridgehead atoms. The fourth-order valence-electron chi connectivity index (χ4n) is 5.75. The Morgan fingerprint density at radius 1 is 0.980 bits per heavy atom. The Kier molecular flexibility index (Phi) is 12.8. The number of ether oxygens (including phenoxy) is 1. The lowest BCUT2D eigenvalue weighted by atomic mass is 9.78. The van der Waals surface area contributed by atoms with Gasteiger partial charge < -0.3 is 30.1 Å². The van der Waals surface area contributed by atoms with Crippen LogP contribution in [-0.4, -0.2) is 94.4 Å². The first-order chi connectivity index (χ1) is 23.0. The molecule has 2 aromatic carbocycles. The van der Waals surface area contributed by atoms with Gasteiger partial charge in [-0.15, -0.1) is 0 Å². The minimum absolute atomic E-state index is 0.0279. The van der Waals surface area contributed by atoms with Gasteiger partial charge >= 0.3 is 6.09 Å². The predicted octanol–water partition coefficient (Wildman–Crippen LogP) is 2.55. The number of imide groups is 1. The molecule has 0 radical (unpaired) electrons. The van der Waals surface area contributed by atoms with E-state index in [0.29, 0.717) is 23.3 Å². The van der Waals surface area contributed by atoms with Gasteiger partial charge in [0.05, 0.1) is 0 Å². The van der Waals surface area contributed by atoms with Crippen LogP contribution in [0.5, 0.6) is 17.2 Å². The molecule has 0 atom stereocenters. The number of aromatic hydroxyl groups is 2. The van der Waals surface area contributed by atoms with E-state index in [1.54, 1.807) is 40.0 Å². The number of carbonyl (C=O) groups excluding carboxylic acids is 5. The lowest BCUT2D eigenvalue weighted by molar-refractivity contribution is -0.137. The standard InChI is InChI=1S/C37H48N4O8/c1-9-27-12-13-28(21-23(27)2)49-36(48)40(17-10-11-29(42)38-16-18-41-30(43)14-15-31(41)44)20-19-39(8)32(45)22-37(6,7)33-26(5)34(46)24(3)25(4)35(33)47/h12-15,21,46-47H,4-5,9-11,16-20,22H2,1-3,6-8H3,(H,38,42). The van der Waals surface area contributed by atoms with Gasteiger partial charge in [-0.3, -0.25) is 24.1 Å². The predicted molar refractivity (Wildman–Crippen MR) is 186 cm³/mol. The summed E-state index contributed by atoms with van der Waals surface area (Å²) >= 11 is 0. The molecule has 1 aliphatic rings. The van der Waals surface area contributed by atoms with Gasteiger partial charge in [-0.25, -0.2) is 4.79 Å². The zero-order valence-corrected chi connectivity index (χ0v) is 29.4. The van der Waals surface area contributed by atoms with Gasteiger partial charge in [0.2, 0.25) is 11.8 Å². The molecular formula is C37H48N4O8. The van der Waals surface area contributed by atoms with Crippen LogP contribution in [0.15, 0.2) is 30.4 Å². The second-order valence-electron chi connectivity index (χ2n) is 12.9. The van der Waals surface area contributed by atoms with Crippen molar-refractivity contribution in [3.8, 4) is 17.2 Å². The molecule has 12 nitrogen and oxygen atoms in total. The summed E-state index contributed by atoms with van der Waals surface area (Å²) in [5.41, 5.74) is 1.96. The van der Waals surface area contributed by atoms with E-state index in [9.17, 15) is 34.2 Å². The minimum Gasteiger partial charge on any atom is -0.507 e. The minimum atomic E-state index is -0.912. The molecule has 264 valence electrons. The molecule has 3 N–H and O–H groups in total. The number of rotatable bonds is 15.